The molecule has 0 saturated heterocycles. The molecular weight excluding hydrogens is 366 g/mol. The first-order valence-electron chi connectivity index (χ1n) is 9.04. The molecule has 0 amide bonds. The first-order chi connectivity index (χ1) is 13.2. The number of benzene rings is 1. The van der Waals surface area contributed by atoms with Crippen LogP contribution in [0.5, 0.6) is 11.5 Å². The second kappa shape index (κ2) is 9.12. The van der Waals surface area contributed by atoms with Crippen molar-refractivity contribution in [3.63, 3.8) is 0 Å². The predicted octanol–water partition coefficient (Wildman–Crippen LogP) is 3.73. The lowest BCUT2D eigenvalue weighted by Crippen LogP contribution is -2.15. The molecule has 2 aromatic rings. The van der Waals surface area contributed by atoms with E-state index in [2.05, 4.69) is 14.8 Å². The van der Waals surface area contributed by atoms with Gasteiger partial charge in [0.05, 0.1) is 27.1 Å². The van der Waals surface area contributed by atoms with Crippen LogP contribution < -0.4 is 9.47 Å². The van der Waals surface area contributed by atoms with Crippen LogP contribution in [0.4, 0.5) is 0 Å². The third-order valence-corrected chi connectivity index (χ3v) is 5.71. The fourth-order valence-corrected chi connectivity index (χ4v) is 4.24. The van der Waals surface area contributed by atoms with Crippen molar-refractivity contribution in [2.75, 3.05) is 27.1 Å². The zero-order valence-electron chi connectivity index (χ0n) is 15.9. The molecule has 0 spiro atoms. The molecule has 7 nitrogen and oxygen atoms in total. The van der Waals surface area contributed by atoms with Crippen LogP contribution in [0.3, 0.4) is 0 Å². The second-order valence-corrected chi connectivity index (χ2v) is 7.35. The highest BCUT2D eigenvalue weighted by atomic mass is 32.2. The number of rotatable bonds is 7. The summed E-state index contributed by atoms with van der Waals surface area (Å²) < 4.78 is 17.7. The summed E-state index contributed by atoms with van der Waals surface area (Å²) in [5, 5.41) is 9.56. The van der Waals surface area contributed by atoms with Gasteiger partial charge in [0.15, 0.2) is 22.5 Å². The first kappa shape index (κ1) is 19.5. The molecule has 0 atom stereocenters. The molecule has 1 aromatic heterocycles. The maximum atomic E-state index is 11.6. The third kappa shape index (κ3) is 4.37. The van der Waals surface area contributed by atoms with Crippen LogP contribution in [0.1, 0.15) is 38.1 Å². The number of thioether (sulfide) groups is 1. The van der Waals surface area contributed by atoms with Crippen LogP contribution in [-0.2, 0) is 9.53 Å². The Bertz CT molecular complexity index is 787. The Morgan fingerprint density at radius 2 is 1.85 bits per heavy atom. The second-order valence-electron chi connectivity index (χ2n) is 6.40. The molecule has 1 fully saturated rings. The van der Waals surface area contributed by atoms with E-state index in [1.807, 2.05) is 18.2 Å². The molecule has 0 N–H and O–H groups in total. The Morgan fingerprint density at radius 3 is 2.52 bits per heavy atom. The summed E-state index contributed by atoms with van der Waals surface area (Å²) in [6.07, 6.45) is 5.81. The van der Waals surface area contributed by atoms with Gasteiger partial charge < -0.3 is 14.2 Å². The van der Waals surface area contributed by atoms with Gasteiger partial charge in [-0.05, 0) is 31.0 Å². The minimum atomic E-state index is -0.272. The third-order valence-electron chi connectivity index (χ3n) is 4.79. The molecule has 27 heavy (non-hydrogen) atoms. The number of carbonyl (C=O) groups is 1. The van der Waals surface area contributed by atoms with Crippen molar-refractivity contribution in [2.24, 2.45) is 0 Å². The smallest absolute Gasteiger partial charge is 0.316 e. The van der Waals surface area contributed by atoms with Crippen LogP contribution >= 0.6 is 11.8 Å². The van der Waals surface area contributed by atoms with Gasteiger partial charge in [-0.15, -0.1) is 10.2 Å². The molecular formula is C19H25N3O4S. The molecule has 1 aromatic carbocycles. The van der Waals surface area contributed by atoms with Gasteiger partial charge in [0, 0.05) is 11.6 Å². The Hall–Kier alpha value is -2.22. The number of ether oxygens (including phenoxy) is 3. The Morgan fingerprint density at radius 1 is 1.11 bits per heavy atom. The van der Waals surface area contributed by atoms with Crippen molar-refractivity contribution < 1.29 is 19.0 Å². The average Bonchev–Trinajstić information content (AvgIpc) is 3.15. The minimum Gasteiger partial charge on any atom is -0.493 e. The summed E-state index contributed by atoms with van der Waals surface area (Å²) >= 11 is 1.37. The van der Waals surface area contributed by atoms with Crippen LogP contribution in [0.15, 0.2) is 23.4 Å². The zero-order valence-corrected chi connectivity index (χ0v) is 16.8. The number of esters is 1. The fraction of sp³-hybridized carbons (Fsp3) is 0.526. The number of nitrogens with zero attached hydrogens (tertiary/aromatic N) is 3. The van der Waals surface area contributed by atoms with Crippen LogP contribution in [0, 0.1) is 0 Å². The van der Waals surface area contributed by atoms with Gasteiger partial charge in [0.1, 0.15) is 0 Å². The van der Waals surface area contributed by atoms with E-state index >= 15 is 0 Å². The molecule has 8 heteroatoms. The molecule has 3 rings (SSSR count). The van der Waals surface area contributed by atoms with Crippen molar-refractivity contribution in [1.82, 2.24) is 14.8 Å². The number of carbonyl (C=O) groups excluding carboxylic acids is 1. The van der Waals surface area contributed by atoms with Crippen molar-refractivity contribution in [1.29, 1.82) is 0 Å². The van der Waals surface area contributed by atoms with Gasteiger partial charge in [-0.1, -0.05) is 31.0 Å². The largest absolute Gasteiger partial charge is 0.493 e. The standard InChI is InChI=1S/C19H25N3O4S/c1-24-15-10-9-13(11-16(15)25-2)18-20-21-19(27-12-17(23)26-3)22(18)14-7-5-4-6-8-14/h9-11,14H,4-8,12H2,1-3H3. The molecule has 1 saturated carbocycles. The maximum absolute atomic E-state index is 11.6. The Labute approximate surface area is 163 Å². The number of methoxy groups -OCH3 is 3. The Kier molecular flexibility index (Phi) is 6.60. The zero-order chi connectivity index (χ0) is 19.2. The van der Waals surface area contributed by atoms with Crippen molar-refractivity contribution in [3.05, 3.63) is 18.2 Å². The molecule has 146 valence electrons. The molecule has 1 aliphatic rings. The predicted molar refractivity (Wildman–Crippen MR) is 103 cm³/mol. The number of aromatic nitrogens is 3. The molecule has 1 aliphatic carbocycles. The van der Waals surface area contributed by atoms with E-state index < -0.39 is 0 Å². The Balaban J connectivity index is 1.98. The van der Waals surface area contributed by atoms with E-state index in [-0.39, 0.29) is 11.7 Å². The van der Waals surface area contributed by atoms with Gasteiger partial charge in [0.2, 0.25) is 0 Å². The lowest BCUT2D eigenvalue weighted by atomic mass is 9.95. The average molecular weight is 391 g/mol. The van der Waals surface area contributed by atoms with Crippen molar-refractivity contribution in [2.45, 2.75) is 43.3 Å². The van der Waals surface area contributed by atoms with Crippen LogP contribution in [0.25, 0.3) is 11.4 Å². The fourth-order valence-electron chi connectivity index (χ4n) is 3.40. The van der Waals surface area contributed by atoms with Gasteiger partial charge in [0.25, 0.3) is 0 Å². The van der Waals surface area contributed by atoms with Gasteiger partial charge >= 0.3 is 5.97 Å². The van der Waals surface area contributed by atoms with Crippen LogP contribution in [0.2, 0.25) is 0 Å². The molecule has 1 heterocycles. The highest BCUT2D eigenvalue weighted by Crippen LogP contribution is 2.38. The van der Waals surface area contributed by atoms with E-state index in [1.54, 1.807) is 14.2 Å². The van der Waals surface area contributed by atoms with Gasteiger partial charge in [-0.25, -0.2) is 0 Å². The minimum absolute atomic E-state index is 0.216. The summed E-state index contributed by atoms with van der Waals surface area (Å²) in [6, 6.07) is 6.07. The molecule has 0 aliphatic heterocycles. The van der Waals surface area contributed by atoms with E-state index in [4.69, 9.17) is 14.2 Å². The molecule has 0 radical (unpaired) electrons. The summed E-state index contributed by atoms with van der Waals surface area (Å²) in [5.74, 6) is 2.05. The normalized spacial score (nSPS) is 14.8. The quantitative estimate of drug-likeness (QED) is 0.526. The van der Waals surface area contributed by atoms with E-state index in [1.165, 1.54) is 38.1 Å². The van der Waals surface area contributed by atoms with Crippen molar-refractivity contribution in [3.8, 4) is 22.9 Å². The number of hydrogen-bond donors (Lipinski definition) is 0. The summed E-state index contributed by atoms with van der Waals surface area (Å²) in [6.45, 7) is 0. The first-order valence-corrected chi connectivity index (χ1v) is 10.0. The maximum Gasteiger partial charge on any atom is 0.316 e. The van der Waals surface area contributed by atoms with Gasteiger partial charge in [-0.3, -0.25) is 9.36 Å². The van der Waals surface area contributed by atoms with E-state index in [0.29, 0.717) is 17.5 Å². The molecule has 0 bridgehead atoms. The molecule has 0 unspecified atom stereocenters. The summed E-state index contributed by atoms with van der Waals surface area (Å²) in [7, 11) is 4.62. The monoisotopic (exact) mass is 391 g/mol. The number of hydrogen-bond acceptors (Lipinski definition) is 7. The van der Waals surface area contributed by atoms with Gasteiger partial charge in [-0.2, -0.15) is 0 Å². The van der Waals surface area contributed by atoms with E-state index in [9.17, 15) is 4.79 Å². The summed E-state index contributed by atoms with van der Waals surface area (Å²) in [5.41, 5.74) is 0.913. The highest BCUT2D eigenvalue weighted by Gasteiger charge is 2.25. The van der Waals surface area contributed by atoms with E-state index in [0.717, 1.165) is 29.4 Å². The lowest BCUT2D eigenvalue weighted by molar-refractivity contribution is -0.137. The SMILES string of the molecule is COC(=O)CSc1nnc(-c2ccc(OC)c(OC)c2)n1C1CCCCC1. The lowest BCUT2D eigenvalue weighted by Gasteiger charge is -2.25. The summed E-state index contributed by atoms with van der Waals surface area (Å²) in [4.78, 5) is 11.6. The highest BCUT2D eigenvalue weighted by molar-refractivity contribution is 7.99. The topological polar surface area (TPSA) is 75.5 Å². The van der Waals surface area contributed by atoms with Crippen LogP contribution in [-0.4, -0.2) is 47.8 Å². The van der Waals surface area contributed by atoms with Crippen molar-refractivity contribution >= 4 is 17.7 Å².